The van der Waals surface area contributed by atoms with Crippen LogP contribution in [-0.2, 0) is 4.79 Å². The number of aryl methyl sites for hydroxylation is 1. The fraction of sp³-hybridized carbons (Fsp3) is 0.0909. The summed E-state index contributed by atoms with van der Waals surface area (Å²) in [7, 11) is 0. The van der Waals surface area contributed by atoms with E-state index in [1.807, 2.05) is 42.7 Å². The molecule has 0 aliphatic rings. The molecular formula is C22H17BrFN3O. The number of amides is 1. The highest BCUT2D eigenvalue weighted by Gasteiger charge is 2.14. The van der Waals surface area contributed by atoms with Crippen molar-refractivity contribution in [1.82, 2.24) is 4.57 Å². The Balaban J connectivity index is 1.94. The van der Waals surface area contributed by atoms with Gasteiger partial charge in [-0.3, -0.25) is 4.79 Å². The summed E-state index contributed by atoms with van der Waals surface area (Å²) in [5.41, 5.74) is 3.67. The first kappa shape index (κ1) is 19.6. The lowest BCUT2D eigenvalue weighted by Gasteiger charge is -2.09. The van der Waals surface area contributed by atoms with E-state index >= 15 is 0 Å². The van der Waals surface area contributed by atoms with Crippen LogP contribution in [-0.4, -0.2) is 10.5 Å². The summed E-state index contributed by atoms with van der Waals surface area (Å²) < 4.78 is 16.3. The average molecular weight is 438 g/mol. The number of halogens is 2. The summed E-state index contributed by atoms with van der Waals surface area (Å²) in [4.78, 5) is 12.5. The zero-order valence-electron chi connectivity index (χ0n) is 15.3. The first-order valence-corrected chi connectivity index (χ1v) is 9.32. The summed E-state index contributed by atoms with van der Waals surface area (Å²) in [6.07, 6.45) is 1.55. The largest absolute Gasteiger partial charge is 0.321 e. The number of benzene rings is 2. The molecule has 3 aromatic rings. The predicted molar refractivity (Wildman–Crippen MR) is 112 cm³/mol. The van der Waals surface area contributed by atoms with E-state index in [9.17, 15) is 14.4 Å². The number of carbonyl (C=O) groups excluding carboxylic acids is 1. The van der Waals surface area contributed by atoms with Crippen molar-refractivity contribution in [2.24, 2.45) is 0 Å². The smallest absolute Gasteiger partial charge is 0.266 e. The second-order valence-corrected chi connectivity index (χ2v) is 7.19. The van der Waals surface area contributed by atoms with Crippen LogP contribution in [0.4, 0.5) is 10.1 Å². The van der Waals surface area contributed by atoms with Gasteiger partial charge in [0.2, 0.25) is 0 Å². The van der Waals surface area contributed by atoms with Crippen LogP contribution in [0.3, 0.4) is 0 Å². The van der Waals surface area contributed by atoms with Gasteiger partial charge in [-0.15, -0.1) is 0 Å². The van der Waals surface area contributed by atoms with E-state index in [4.69, 9.17) is 0 Å². The molecule has 0 bridgehead atoms. The van der Waals surface area contributed by atoms with Gasteiger partial charge in [0.1, 0.15) is 17.5 Å². The summed E-state index contributed by atoms with van der Waals surface area (Å²) >= 11 is 3.35. The predicted octanol–water partition coefficient (Wildman–Crippen LogP) is 5.54. The second-order valence-electron chi connectivity index (χ2n) is 6.28. The van der Waals surface area contributed by atoms with Gasteiger partial charge in [-0.25, -0.2) is 4.39 Å². The third-order valence-electron chi connectivity index (χ3n) is 4.28. The van der Waals surface area contributed by atoms with Crippen molar-refractivity contribution in [2.45, 2.75) is 13.8 Å². The Bertz CT molecular complexity index is 1130. The van der Waals surface area contributed by atoms with E-state index in [1.165, 1.54) is 12.1 Å². The fourth-order valence-corrected chi connectivity index (χ4v) is 3.41. The van der Waals surface area contributed by atoms with Crippen molar-refractivity contribution < 1.29 is 9.18 Å². The average Bonchev–Trinajstić information content (AvgIpc) is 2.92. The number of nitrogens with one attached hydrogen (secondary N) is 1. The molecule has 140 valence electrons. The molecule has 0 aliphatic carbocycles. The molecule has 4 nitrogen and oxygen atoms in total. The normalized spacial score (nSPS) is 11.2. The molecule has 0 unspecified atom stereocenters. The minimum Gasteiger partial charge on any atom is -0.321 e. The van der Waals surface area contributed by atoms with Gasteiger partial charge in [0.05, 0.1) is 0 Å². The molecule has 0 spiro atoms. The molecule has 0 saturated carbocycles. The van der Waals surface area contributed by atoms with Crippen molar-refractivity contribution >= 4 is 33.6 Å². The standard InChI is InChI=1S/C22H17BrFN3O/c1-14-9-16(15(2)27(14)21-8-4-6-19(24)12-21)10-17(13-25)22(28)26-20-7-3-5-18(23)11-20/h3-12H,1-2H3,(H,26,28)/b17-10-. The summed E-state index contributed by atoms with van der Waals surface area (Å²) in [6.45, 7) is 3.76. The van der Waals surface area contributed by atoms with Crippen molar-refractivity contribution in [3.8, 4) is 11.8 Å². The number of hydrogen-bond donors (Lipinski definition) is 1. The van der Waals surface area contributed by atoms with E-state index in [2.05, 4.69) is 21.2 Å². The van der Waals surface area contributed by atoms with Gasteiger partial charge >= 0.3 is 0 Å². The van der Waals surface area contributed by atoms with E-state index < -0.39 is 5.91 Å². The monoisotopic (exact) mass is 437 g/mol. The molecule has 0 aliphatic heterocycles. The quantitative estimate of drug-likeness (QED) is 0.430. The Morgan fingerprint density at radius 2 is 1.93 bits per heavy atom. The van der Waals surface area contributed by atoms with Crippen LogP contribution in [0.15, 0.2) is 64.6 Å². The second kappa shape index (κ2) is 8.24. The minimum atomic E-state index is -0.490. The molecule has 1 heterocycles. The number of rotatable bonds is 4. The van der Waals surface area contributed by atoms with Crippen LogP contribution in [0.5, 0.6) is 0 Å². The highest BCUT2D eigenvalue weighted by molar-refractivity contribution is 9.10. The number of nitriles is 1. The first-order chi connectivity index (χ1) is 13.4. The topological polar surface area (TPSA) is 57.8 Å². The molecular weight excluding hydrogens is 421 g/mol. The molecule has 1 aromatic heterocycles. The maximum Gasteiger partial charge on any atom is 0.266 e. The maximum atomic E-state index is 13.6. The lowest BCUT2D eigenvalue weighted by molar-refractivity contribution is -0.112. The van der Waals surface area contributed by atoms with E-state index in [0.29, 0.717) is 11.4 Å². The van der Waals surface area contributed by atoms with Gasteiger partial charge in [-0.2, -0.15) is 5.26 Å². The molecule has 0 radical (unpaired) electrons. The number of carbonyl (C=O) groups is 1. The Morgan fingerprint density at radius 3 is 2.61 bits per heavy atom. The zero-order valence-corrected chi connectivity index (χ0v) is 16.9. The van der Waals surface area contributed by atoms with Crippen LogP contribution in [0.2, 0.25) is 0 Å². The molecule has 1 amide bonds. The van der Waals surface area contributed by atoms with Crippen LogP contribution in [0.1, 0.15) is 17.0 Å². The maximum absolute atomic E-state index is 13.6. The van der Waals surface area contributed by atoms with Crippen molar-refractivity contribution in [2.75, 3.05) is 5.32 Å². The SMILES string of the molecule is Cc1cc(/C=C(/C#N)C(=O)Nc2cccc(Br)c2)c(C)n1-c1cccc(F)c1. The van der Waals surface area contributed by atoms with Crippen LogP contribution in [0.25, 0.3) is 11.8 Å². The van der Waals surface area contributed by atoms with Crippen molar-refractivity contribution in [3.63, 3.8) is 0 Å². The fourth-order valence-electron chi connectivity index (χ4n) is 3.02. The molecule has 0 saturated heterocycles. The van der Waals surface area contributed by atoms with E-state index in [-0.39, 0.29) is 11.4 Å². The summed E-state index contributed by atoms with van der Waals surface area (Å²) in [6, 6.07) is 17.2. The van der Waals surface area contributed by atoms with Crippen molar-refractivity contribution in [1.29, 1.82) is 5.26 Å². The molecule has 1 N–H and O–H groups in total. The van der Waals surface area contributed by atoms with Crippen LogP contribution in [0, 0.1) is 31.0 Å². The highest BCUT2D eigenvalue weighted by atomic mass is 79.9. The molecule has 6 heteroatoms. The van der Waals surface area contributed by atoms with Crippen molar-refractivity contribution in [3.05, 3.63) is 87.4 Å². The van der Waals surface area contributed by atoms with Crippen LogP contribution < -0.4 is 5.32 Å². The summed E-state index contributed by atoms with van der Waals surface area (Å²) in [5.74, 6) is -0.815. The molecule has 3 rings (SSSR count). The Labute approximate surface area is 171 Å². The number of nitrogens with zero attached hydrogens (tertiary/aromatic N) is 2. The van der Waals surface area contributed by atoms with Gasteiger partial charge in [0, 0.05) is 27.2 Å². The highest BCUT2D eigenvalue weighted by Crippen LogP contribution is 2.24. The van der Waals surface area contributed by atoms with Gasteiger partial charge in [-0.05, 0) is 68.0 Å². The lowest BCUT2D eigenvalue weighted by atomic mass is 10.1. The molecule has 28 heavy (non-hydrogen) atoms. The first-order valence-electron chi connectivity index (χ1n) is 8.52. The third-order valence-corrected chi connectivity index (χ3v) is 4.78. The van der Waals surface area contributed by atoms with Gasteiger partial charge in [-0.1, -0.05) is 28.1 Å². The van der Waals surface area contributed by atoms with Gasteiger partial charge in [0.25, 0.3) is 5.91 Å². The van der Waals surface area contributed by atoms with Crippen LogP contribution >= 0.6 is 15.9 Å². The summed E-state index contributed by atoms with van der Waals surface area (Å²) in [5, 5.41) is 12.2. The van der Waals surface area contributed by atoms with Gasteiger partial charge < -0.3 is 9.88 Å². The van der Waals surface area contributed by atoms with E-state index in [1.54, 1.807) is 30.3 Å². The molecule has 0 atom stereocenters. The molecule has 0 fully saturated rings. The number of aromatic nitrogens is 1. The third kappa shape index (κ3) is 4.21. The Hall–Kier alpha value is -3.17. The van der Waals surface area contributed by atoms with E-state index in [0.717, 1.165) is 21.4 Å². The Kier molecular flexibility index (Phi) is 5.76. The number of hydrogen-bond acceptors (Lipinski definition) is 2. The Morgan fingerprint density at radius 1 is 1.18 bits per heavy atom. The van der Waals surface area contributed by atoms with Gasteiger partial charge in [0.15, 0.2) is 0 Å². The molecule has 2 aromatic carbocycles. The lowest BCUT2D eigenvalue weighted by Crippen LogP contribution is -2.13. The zero-order chi connectivity index (χ0) is 20.3. The minimum absolute atomic E-state index is 0.0144. The number of anilines is 1.